The minimum Gasteiger partial charge on any atom is -0.506 e. The van der Waals surface area contributed by atoms with Crippen LogP contribution >= 0.6 is 11.6 Å². The van der Waals surface area contributed by atoms with Gasteiger partial charge in [-0.15, -0.1) is 0 Å². The van der Waals surface area contributed by atoms with Crippen molar-refractivity contribution in [2.45, 2.75) is 57.5 Å². The van der Waals surface area contributed by atoms with E-state index in [0.29, 0.717) is 10.9 Å². The van der Waals surface area contributed by atoms with Gasteiger partial charge in [0.2, 0.25) is 0 Å². The molecular formula is C20H24ClN3O. The van der Waals surface area contributed by atoms with Gasteiger partial charge in [0.25, 0.3) is 0 Å². The zero-order valence-electron chi connectivity index (χ0n) is 14.4. The summed E-state index contributed by atoms with van der Waals surface area (Å²) in [5, 5.41) is 10.2. The zero-order valence-corrected chi connectivity index (χ0v) is 15.2. The van der Waals surface area contributed by atoms with Crippen LogP contribution in [0.2, 0.25) is 5.02 Å². The standard InChI is InChI=1S/C20H24ClN3O/c21-19-15(7-4-8-18(19)25)12-24-10-9-17-16(13-24)11-22-20(23-17)14-5-2-1-3-6-14/h4,7-8,11,14,25H,1-3,5-6,9-10,12-13H2. The second kappa shape index (κ2) is 7.30. The van der Waals surface area contributed by atoms with Gasteiger partial charge >= 0.3 is 0 Å². The second-order valence-corrected chi connectivity index (χ2v) is 7.62. The highest BCUT2D eigenvalue weighted by Crippen LogP contribution is 2.32. The van der Waals surface area contributed by atoms with Gasteiger partial charge in [-0.3, -0.25) is 4.90 Å². The Morgan fingerprint density at radius 1 is 1.20 bits per heavy atom. The molecule has 0 bridgehead atoms. The first-order valence-electron chi connectivity index (χ1n) is 9.24. The monoisotopic (exact) mass is 357 g/mol. The smallest absolute Gasteiger partial charge is 0.134 e. The molecule has 0 spiro atoms. The van der Waals surface area contributed by atoms with E-state index in [9.17, 15) is 5.11 Å². The highest BCUT2D eigenvalue weighted by Gasteiger charge is 2.23. The van der Waals surface area contributed by atoms with Crippen LogP contribution in [0.3, 0.4) is 0 Å². The predicted octanol–water partition coefficient (Wildman–Crippen LogP) is 4.44. The molecule has 1 N–H and O–H groups in total. The van der Waals surface area contributed by atoms with Crippen LogP contribution in [-0.4, -0.2) is 26.5 Å². The molecule has 1 fully saturated rings. The van der Waals surface area contributed by atoms with Gasteiger partial charge in [-0.2, -0.15) is 0 Å². The lowest BCUT2D eigenvalue weighted by atomic mass is 9.88. The number of phenols is 1. The van der Waals surface area contributed by atoms with Crippen molar-refractivity contribution in [3.05, 3.63) is 52.1 Å². The quantitative estimate of drug-likeness (QED) is 0.882. The van der Waals surface area contributed by atoms with Gasteiger partial charge in [-0.1, -0.05) is 43.0 Å². The number of aromatic hydroxyl groups is 1. The van der Waals surface area contributed by atoms with E-state index in [1.54, 1.807) is 6.07 Å². The summed E-state index contributed by atoms with van der Waals surface area (Å²) in [5.41, 5.74) is 3.40. The maximum Gasteiger partial charge on any atom is 0.134 e. The molecule has 0 unspecified atom stereocenters. The highest BCUT2D eigenvalue weighted by atomic mass is 35.5. The Balaban J connectivity index is 1.47. The molecule has 4 rings (SSSR count). The van der Waals surface area contributed by atoms with Gasteiger partial charge in [-0.25, -0.2) is 9.97 Å². The number of hydrogen-bond donors (Lipinski definition) is 1. The van der Waals surface area contributed by atoms with E-state index in [0.717, 1.165) is 37.4 Å². The molecule has 2 aliphatic rings. The van der Waals surface area contributed by atoms with Crippen LogP contribution in [0.5, 0.6) is 5.75 Å². The average Bonchev–Trinajstić information content (AvgIpc) is 2.66. The molecule has 1 saturated carbocycles. The van der Waals surface area contributed by atoms with Crippen molar-refractivity contribution < 1.29 is 5.11 Å². The Morgan fingerprint density at radius 2 is 2.04 bits per heavy atom. The lowest BCUT2D eigenvalue weighted by Gasteiger charge is -2.29. The molecule has 1 aliphatic carbocycles. The molecule has 0 radical (unpaired) electrons. The first-order chi connectivity index (χ1) is 12.2. The van der Waals surface area contributed by atoms with E-state index >= 15 is 0 Å². The molecule has 132 valence electrons. The molecule has 25 heavy (non-hydrogen) atoms. The minimum absolute atomic E-state index is 0.150. The molecule has 2 heterocycles. The van der Waals surface area contributed by atoms with E-state index in [1.165, 1.54) is 43.4 Å². The fourth-order valence-electron chi connectivity index (χ4n) is 4.01. The fraction of sp³-hybridized carbons (Fsp3) is 0.500. The molecule has 1 aromatic heterocycles. The summed E-state index contributed by atoms with van der Waals surface area (Å²) in [6.45, 7) is 2.53. The van der Waals surface area contributed by atoms with Gasteiger partial charge in [0.05, 0.1) is 5.02 Å². The number of aromatic nitrogens is 2. The maximum absolute atomic E-state index is 9.77. The Morgan fingerprint density at radius 3 is 2.88 bits per heavy atom. The molecule has 0 atom stereocenters. The number of halogens is 1. The molecule has 1 aliphatic heterocycles. The van der Waals surface area contributed by atoms with Crippen molar-refractivity contribution in [2.24, 2.45) is 0 Å². The van der Waals surface area contributed by atoms with Crippen molar-refractivity contribution in [2.75, 3.05) is 6.54 Å². The summed E-state index contributed by atoms with van der Waals surface area (Å²) in [5.74, 6) is 1.77. The van der Waals surface area contributed by atoms with E-state index in [-0.39, 0.29) is 5.75 Å². The van der Waals surface area contributed by atoms with Gasteiger partial charge in [0.15, 0.2) is 0 Å². The molecule has 4 nitrogen and oxygen atoms in total. The third kappa shape index (κ3) is 3.65. The molecule has 5 heteroatoms. The van der Waals surface area contributed by atoms with Crippen LogP contribution in [0, 0.1) is 0 Å². The second-order valence-electron chi connectivity index (χ2n) is 7.25. The Bertz CT molecular complexity index is 759. The number of fused-ring (bicyclic) bond motifs is 1. The van der Waals surface area contributed by atoms with Crippen molar-refractivity contribution in [1.29, 1.82) is 0 Å². The number of hydrogen-bond acceptors (Lipinski definition) is 4. The number of phenolic OH excluding ortho intramolecular Hbond substituents is 1. The topological polar surface area (TPSA) is 49.2 Å². The Kier molecular flexibility index (Phi) is 4.91. The van der Waals surface area contributed by atoms with E-state index < -0.39 is 0 Å². The molecule has 2 aromatic rings. The summed E-state index contributed by atoms with van der Waals surface area (Å²) < 4.78 is 0. The van der Waals surface area contributed by atoms with Crippen molar-refractivity contribution in [1.82, 2.24) is 14.9 Å². The lowest BCUT2D eigenvalue weighted by Crippen LogP contribution is -2.31. The highest BCUT2D eigenvalue weighted by molar-refractivity contribution is 6.32. The van der Waals surface area contributed by atoms with Crippen molar-refractivity contribution in [3.8, 4) is 5.75 Å². The van der Waals surface area contributed by atoms with Crippen LogP contribution in [0.25, 0.3) is 0 Å². The number of benzene rings is 1. The summed E-state index contributed by atoms with van der Waals surface area (Å²) in [4.78, 5) is 11.9. The average molecular weight is 358 g/mol. The van der Waals surface area contributed by atoms with Crippen LogP contribution in [0.4, 0.5) is 0 Å². The summed E-state index contributed by atoms with van der Waals surface area (Å²) >= 11 is 6.22. The number of rotatable bonds is 3. The summed E-state index contributed by atoms with van der Waals surface area (Å²) in [7, 11) is 0. The van der Waals surface area contributed by atoms with Gasteiger partial charge < -0.3 is 5.11 Å². The third-order valence-electron chi connectivity index (χ3n) is 5.45. The van der Waals surface area contributed by atoms with E-state index in [2.05, 4.69) is 9.88 Å². The zero-order chi connectivity index (χ0) is 17.2. The predicted molar refractivity (Wildman–Crippen MR) is 98.8 cm³/mol. The van der Waals surface area contributed by atoms with Crippen LogP contribution < -0.4 is 0 Å². The van der Waals surface area contributed by atoms with Crippen molar-refractivity contribution in [3.63, 3.8) is 0 Å². The maximum atomic E-state index is 9.77. The third-order valence-corrected chi connectivity index (χ3v) is 5.89. The van der Waals surface area contributed by atoms with E-state index in [1.807, 2.05) is 18.3 Å². The molecular weight excluding hydrogens is 334 g/mol. The first-order valence-corrected chi connectivity index (χ1v) is 9.62. The van der Waals surface area contributed by atoms with Crippen LogP contribution in [0.1, 0.15) is 60.7 Å². The lowest BCUT2D eigenvalue weighted by molar-refractivity contribution is 0.242. The summed E-state index contributed by atoms with van der Waals surface area (Å²) in [6, 6.07) is 5.44. The largest absolute Gasteiger partial charge is 0.506 e. The summed E-state index contributed by atoms with van der Waals surface area (Å²) in [6.07, 6.45) is 9.43. The van der Waals surface area contributed by atoms with Crippen LogP contribution in [-0.2, 0) is 19.5 Å². The van der Waals surface area contributed by atoms with Crippen LogP contribution in [0.15, 0.2) is 24.4 Å². The Hall–Kier alpha value is -1.65. The molecule has 0 saturated heterocycles. The number of nitrogens with zero attached hydrogens (tertiary/aromatic N) is 3. The van der Waals surface area contributed by atoms with Crippen molar-refractivity contribution >= 4 is 11.6 Å². The minimum atomic E-state index is 0.150. The molecule has 1 aromatic carbocycles. The molecule has 0 amide bonds. The SMILES string of the molecule is Oc1cccc(CN2CCc3nc(C4CCCCC4)ncc3C2)c1Cl. The van der Waals surface area contributed by atoms with Gasteiger partial charge in [-0.05, 0) is 24.5 Å². The first kappa shape index (κ1) is 16.8. The fourth-order valence-corrected chi connectivity index (χ4v) is 4.20. The van der Waals surface area contributed by atoms with Gasteiger partial charge in [0.1, 0.15) is 11.6 Å². The normalized spacial score (nSPS) is 18.9. The Labute approximate surface area is 153 Å². The van der Waals surface area contributed by atoms with E-state index in [4.69, 9.17) is 16.6 Å². The van der Waals surface area contributed by atoms with Gasteiger partial charge in [0, 0.05) is 49.4 Å².